The Morgan fingerprint density at radius 3 is 2.70 bits per heavy atom. The molecule has 0 saturated carbocycles. The third-order valence-corrected chi connectivity index (χ3v) is 10.7. The van der Waals surface area contributed by atoms with Crippen molar-refractivity contribution < 1.29 is 18.6 Å². The molecule has 9 heteroatoms. The van der Waals surface area contributed by atoms with Gasteiger partial charge in [0.25, 0.3) is 0 Å². The van der Waals surface area contributed by atoms with E-state index in [1.807, 2.05) is 13.8 Å². The summed E-state index contributed by atoms with van der Waals surface area (Å²) in [6, 6.07) is 11.8. The van der Waals surface area contributed by atoms with Crippen molar-refractivity contribution >= 4 is 27.5 Å². The summed E-state index contributed by atoms with van der Waals surface area (Å²) in [5.41, 5.74) is 3.69. The van der Waals surface area contributed by atoms with Crippen molar-refractivity contribution in [3.05, 3.63) is 53.3 Å². The Hall–Kier alpha value is -3.56. The average Bonchev–Trinajstić information content (AvgIpc) is 3.62. The highest BCUT2D eigenvalue weighted by Gasteiger charge is 2.49. The normalized spacial score (nSPS) is 26.6. The van der Waals surface area contributed by atoms with E-state index in [1.54, 1.807) is 18.2 Å². The second-order valence-electron chi connectivity index (χ2n) is 13.2. The number of nitrogens with one attached hydrogen (secondary N) is 1. The van der Waals surface area contributed by atoms with Gasteiger partial charge in [0, 0.05) is 43.5 Å². The molecule has 0 aliphatic carbocycles. The number of anilines is 1. The number of fused-ring (bicyclic) bond motifs is 5. The molecule has 0 amide bonds. The number of rotatable bonds is 6. The number of aryl methyl sites for hydroxylation is 2. The molecule has 0 radical (unpaired) electrons. The van der Waals surface area contributed by atoms with Crippen LogP contribution in [0.5, 0.6) is 11.8 Å². The van der Waals surface area contributed by atoms with E-state index in [2.05, 4.69) is 27.2 Å². The Bertz CT molecular complexity index is 1770. The summed E-state index contributed by atoms with van der Waals surface area (Å²) >= 11 is 0. The first-order chi connectivity index (χ1) is 21.3. The van der Waals surface area contributed by atoms with Crippen molar-refractivity contribution in [1.82, 2.24) is 20.2 Å². The number of ether oxygens (including phenoxy) is 1. The number of halogens is 2. The molecule has 2 unspecified atom stereocenters. The molecule has 4 aromatic rings. The Labute approximate surface area is 256 Å². The third-order valence-electron chi connectivity index (χ3n) is 10.7. The van der Waals surface area contributed by atoms with Crippen LogP contribution in [0.1, 0.15) is 50.2 Å². The van der Waals surface area contributed by atoms with Gasteiger partial charge in [0.1, 0.15) is 30.2 Å². The fourth-order valence-electron chi connectivity index (χ4n) is 8.68. The van der Waals surface area contributed by atoms with Gasteiger partial charge in [-0.05, 0) is 103 Å². The minimum atomic E-state index is -0.830. The summed E-state index contributed by atoms with van der Waals surface area (Å²) < 4.78 is 36.0. The Morgan fingerprint density at radius 1 is 1.09 bits per heavy atom. The zero-order chi connectivity index (χ0) is 30.2. The summed E-state index contributed by atoms with van der Waals surface area (Å²) in [4.78, 5) is 14.8. The lowest BCUT2D eigenvalue weighted by molar-refractivity contribution is 0.107. The van der Waals surface area contributed by atoms with Gasteiger partial charge in [-0.25, -0.2) is 8.78 Å². The summed E-state index contributed by atoms with van der Waals surface area (Å²) in [5.74, 6) is 0.765. The number of phenols is 1. The van der Waals surface area contributed by atoms with E-state index in [9.17, 15) is 9.50 Å². The number of aromatic hydroxyl groups is 1. The number of hydrogen-bond acceptors (Lipinski definition) is 7. The fourth-order valence-corrected chi connectivity index (χ4v) is 8.68. The standard InChI is InChI=1S/C35H39F2N5O2/c1-3-26-30(37)10-5-21-13-25(43)14-29(31(21)26)27-8-9-28-32(20(27)2)39-34(40-33(28)42-23-6-7-24(42)17-38-16-23)44-19-35-11-4-12-41(35)18-22(36)15-35/h5,8-10,13-14,22-24,38,43H,3-4,6-7,11-12,15-19H2,1-2H3/t22-,23?,24?,35+/m1/s1. The molecule has 4 atom stereocenters. The lowest BCUT2D eigenvalue weighted by Crippen LogP contribution is -2.52. The second kappa shape index (κ2) is 10.5. The highest BCUT2D eigenvalue weighted by molar-refractivity contribution is 6.04. The van der Waals surface area contributed by atoms with Crippen molar-refractivity contribution in [3.8, 4) is 22.9 Å². The molecule has 8 rings (SSSR count). The largest absolute Gasteiger partial charge is 0.508 e. The molecular weight excluding hydrogens is 560 g/mol. The minimum Gasteiger partial charge on any atom is -0.508 e. The second-order valence-corrected chi connectivity index (χ2v) is 13.2. The minimum absolute atomic E-state index is 0.133. The predicted octanol–water partition coefficient (Wildman–Crippen LogP) is 6.06. The lowest BCUT2D eigenvalue weighted by atomic mass is 9.90. The van der Waals surface area contributed by atoms with Crippen LogP contribution in [0.4, 0.5) is 14.6 Å². The van der Waals surface area contributed by atoms with Crippen LogP contribution in [-0.2, 0) is 6.42 Å². The monoisotopic (exact) mass is 599 g/mol. The molecule has 4 fully saturated rings. The van der Waals surface area contributed by atoms with Crippen LogP contribution in [0.25, 0.3) is 32.8 Å². The average molecular weight is 600 g/mol. The van der Waals surface area contributed by atoms with Gasteiger partial charge in [-0.3, -0.25) is 4.90 Å². The van der Waals surface area contributed by atoms with E-state index < -0.39 is 6.17 Å². The smallest absolute Gasteiger partial charge is 0.319 e. The van der Waals surface area contributed by atoms with Crippen molar-refractivity contribution in [1.29, 1.82) is 0 Å². The highest BCUT2D eigenvalue weighted by atomic mass is 19.1. The first-order valence-electron chi connectivity index (χ1n) is 16.1. The Morgan fingerprint density at radius 2 is 1.91 bits per heavy atom. The van der Waals surface area contributed by atoms with E-state index in [-0.39, 0.29) is 17.1 Å². The van der Waals surface area contributed by atoms with E-state index in [1.165, 1.54) is 6.07 Å². The summed E-state index contributed by atoms with van der Waals surface area (Å²) in [5, 5.41) is 16.8. The molecule has 4 aliphatic rings. The molecule has 2 bridgehead atoms. The molecule has 7 nitrogen and oxygen atoms in total. The summed E-state index contributed by atoms with van der Waals surface area (Å²) in [6.07, 6.45) is 4.36. The van der Waals surface area contributed by atoms with Gasteiger partial charge >= 0.3 is 6.01 Å². The van der Waals surface area contributed by atoms with Crippen LogP contribution < -0.4 is 15.0 Å². The zero-order valence-electron chi connectivity index (χ0n) is 25.4. The first kappa shape index (κ1) is 28.0. The van der Waals surface area contributed by atoms with E-state index in [0.717, 1.165) is 89.5 Å². The summed E-state index contributed by atoms with van der Waals surface area (Å²) in [6.45, 7) is 7.54. The molecule has 3 aromatic carbocycles. The van der Waals surface area contributed by atoms with Crippen molar-refractivity contribution in [3.63, 3.8) is 0 Å². The molecule has 230 valence electrons. The number of benzene rings is 3. The van der Waals surface area contributed by atoms with Gasteiger partial charge in [-0.15, -0.1) is 0 Å². The number of hydrogen-bond donors (Lipinski definition) is 2. The van der Waals surface area contributed by atoms with Crippen molar-refractivity contribution in [2.75, 3.05) is 37.7 Å². The van der Waals surface area contributed by atoms with Gasteiger partial charge in [0.2, 0.25) is 0 Å². The van der Waals surface area contributed by atoms with Crippen LogP contribution in [-0.4, -0.2) is 76.6 Å². The quantitative estimate of drug-likeness (QED) is 0.279. The molecular formula is C35H39F2N5O2. The van der Waals surface area contributed by atoms with E-state index >= 15 is 4.39 Å². The molecule has 1 aromatic heterocycles. The molecule has 2 N–H and O–H groups in total. The molecule has 4 saturated heterocycles. The van der Waals surface area contributed by atoms with Crippen molar-refractivity contribution in [2.45, 2.75) is 76.2 Å². The van der Waals surface area contributed by atoms with Crippen LogP contribution in [0.2, 0.25) is 0 Å². The van der Waals surface area contributed by atoms with Gasteiger partial charge in [-0.1, -0.05) is 19.1 Å². The van der Waals surface area contributed by atoms with Gasteiger partial charge in [0.15, 0.2) is 0 Å². The van der Waals surface area contributed by atoms with Crippen LogP contribution >= 0.6 is 0 Å². The predicted molar refractivity (Wildman–Crippen MR) is 169 cm³/mol. The molecule has 4 aliphatic heterocycles. The number of piperazine rings is 1. The highest BCUT2D eigenvalue weighted by Crippen LogP contribution is 2.44. The van der Waals surface area contributed by atoms with Crippen LogP contribution in [0.15, 0.2) is 36.4 Å². The van der Waals surface area contributed by atoms with Crippen LogP contribution in [0, 0.1) is 12.7 Å². The number of aromatic nitrogens is 2. The fraction of sp³-hybridized carbons (Fsp3) is 0.486. The number of nitrogens with zero attached hydrogens (tertiary/aromatic N) is 4. The summed E-state index contributed by atoms with van der Waals surface area (Å²) in [7, 11) is 0. The molecule has 5 heterocycles. The van der Waals surface area contributed by atoms with Gasteiger partial charge < -0.3 is 20.1 Å². The van der Waals surface area contributed by atoms with E-state index in [4.69, 9.17) is 14.7 Å². The number of alkyl halides is 1. The maximum atomic E-state index is 15.1. The first-order valence-corrected chi connectivity index (χ1v) is 16.1. The maximum absolute atomic E-state index is 15.1. The maximum Gasteiger partial charge on any atom is 0.319 e. The Balaban J connectivity index is 1.29. The SMILES string of the molecule is CCc1c(F)ccc2cc(O)cc(-c3ccc4c(N5C6CCC5CNC6)nc(OC[C@@]56CCCN5C[C@H](F)C6)nc4c3C)c12. The van der Waals surface area contributed by atoms with Crippen molar-refractivity contribution in [2.24, 2.45) is 0 Å². The van der Waals surface area contributed by atoms with E-state index in [0.29, 0.717) is 49.7 Å². The molecule has 0 spiro atoms. The molecule has 44 heavy (non-hydrogen) atoms. The zero-order valence-corrected chi connectivity index (χ0v) is 25.4. The van der Waals surface area contributed by atoms with Gasteiger partial charge in [0.05, 0.1) is 11.1 Å². The number of phenolic OH excluding ortho intramolecular Hbond substituents is 1. The topological polar surface area (TPSA) is 73.8 Å². The Kier molecular flexibility index (Phi) is 6.68. The third kappa shape index (κ3) is 4.34. The lowest BCUT2D eigenvalue weighted by Gasteiger charge is -2.37. The van der Waals surface area contributed by atoms with Gasteiger partial charge in [-0.2, -0.15) is 9.97 Å². The van der Waals surface area contributed by atoms with Crippen LogP contribution in [0.3, 0.4) is 0 Å².